The van der Waals surface area contributed by atoms with Gasteiger partial charge in [-0.2, -0.15) is 0 Å². The van der Waals surface area contributed by atoms with Crippen LogP contribution in [0.15, 0.2) is 0 Å². The third-order valence-corrected chi connectivity index (χ3v) is 2.43. The molecular weight excluding hydrogens is 184 g/mol. The Balaban J connectivity index is 2.15. The molecular formula is C9H18N2O3. The first-order valence-corrected chi connectivity index (χ1v) is 4.97. The number of hydrogen-bond donors (Lipinski definition) is 3. The van der Waals surface area contributed by atoms with Gasteiger partial charge in [0.25, 0.3) is 0 Å². The summed E-state index contributed by atoms with van der Waals surface area (Å²) in [5, 5.41) is 11.8. The Morgan fingerprint density at radius 3 is 2.79 bits per heavy atom. The Labute approximate surface area is 83.6 Å². The van der Waals surface area contributed by atoms with Gasteiger partial charge in [0.15, 0.2) is 0 Å². The quantitative estimate of drug-likeness (QED) is 0.537. The van der Waals surface area contributed by atoms with Gasteiger partial charge in [-0.3, -0.25) is 4.79 Å². The van der Waals surface area contributed by atoms with Gasteiger partial charge in [-0.15, -0.1) is 0 Å². The molecule has 0 aromatic rings. The van der Waals surface area contributed by atoms with E-state index in [0.717, 1.165) is 26.1 Å². The molecule has 1 aliphatic rings. The molecule has 0 aromatic carbocycles. The van der Waals surface area contributed by atoms with Crippen LogP contribution in [0.2, 0.25) is 0 Å². The van der Waals surface area contributed by atoms with Crippen molar-refractivity contribution < 1.29 is 14.6 Å². The van der Waals surface area contributed by atoms with E-state index in [9.17, 15) is 4.79 Å². The van der Waals surface area contributed by atoms with E-state index in [1.54, 1.807) is 0 Å². The van der Waals surface area contributed by atoms with Crippen LogP contribution in [0, 0.1) is 5.92 Å². The number of ether oxygens (including phenoxy) is 1. The van der Waals surface area contributed by atoms with E-state index >= 15 is 0 Å². The third kappa shape index (κ3) is 3.61. The first kappa shape index (κ1) is 11.4. The molecule has 1 amide bonds. The average molecular weight is 202 g/mol. The molecule has 0 spiro atoms. The summed E-state index contributed by atoms with van der Waals surface area (Å²) in [6.45, 7) is 2.11. The highest BCUT2D eigenvalue weighted by molar-refractivity contribution is 5.80. The van der Waals surface area contributed by atoms with E-state index < -0.39 is 6.10 Å². The predicted molar refractivity (Wildman–Crippen MR) is 51.6 cm³/mol. The van der Waals surface area contributed by atoms with E-state index in [1.165, 1.54) is 0 Å². The van der Waals surface area contributed by atoms with Crippen LogP contribution in [-0.2, 0) is 9.53 Å². The largest absolute Gasteiger partial charge is 0.382 e. The molecule has 1 aliphatic heterocycles. The number of aliphatic hydroxyl groups is 1. The first-order chi connectivity index (χ1) is 6.74. The number of hydrogen-bond acceptors (Lipinski definition) is 4. The summed E-state index contributed by atoms with van der Waals surface area (Å²) in [7, 11) is 0. The van der Waals surface area contributed by atoms with Crippen LogP contribution in [0.3, 0.4) is 0 Å². The Bertz CT molecular complexity index is 181. The summed E-state index contributed by atoms with van der Waals surface area (Å²) >= 11 is 0. The van der Waals surface area contributed by atoms with Gasteiger partial charge >= 0.3 is 0 Å². The minimum atomic E-state index is -1.07. The number of rotatable bonds is 4. The Kier molecular flexibility index (Phi) is 4.86. The standard InChI is InChI=1S/C9H18N2O3/c10-5-8(12)9(13)11-6-7-1-3-14-4-2-7/h7-8,12H,1-6,10H2,(H,11,13). The number of nitrogens with two attached hydrogens (primary N) is 1. The minimum Gasteiger partial charge on any atom is -0.382 e. The molecule has 0 bridgehead atoms. The third-order valence-electron chi connectivity index (χ3n) is 2.43. The van der Waals surface area contributed by atoms with Gasteiger partial charge in [-0.1, -0.05) is 0 Å². The highest BCUT2D eigenvalue weighted by Gasteiger charge is 2.17. The molecule has 1 heterocycles. The molecule has 1 unspecified atom stereocenters. The number of amides is 1. The minimum absolute atomic E-state index is 0.0282. The molecule has 1 rings (SSSR count). The van der Waals surface area contributed by atoms with Crippen LogP contribution in [0.25, 0.3) is 0 Å². The fourth-order valence-electron chi connectivity index (χ4n) is 1.42. The highest BCUT2D eigenvalue weighted by atomic mass is 16.5. The summed E-state index contributed by atoms with van der Waals surface area (Å²) in [6, 6.07) is 0. The van der Waals surface area contributed by atoms with Crippen molar-refractivity contribution in [2.24, 2.45) is 11.7 Å². The van der Waals surface area contributed by atoms with Gasteiger partial charge in [0.1, 0.15) is 6.10 Å². The van der Waals surface area contributed by atoms with Crippen molar-refractivity contribution in [2.45, 2.75) is 18.9 Å². The fraction of sp³-hybridized carbons (Fsp3) is 0.889. The summed E-state index contributed by atoms with van der Waals surface area (Å²) in [5.74, 6) is 0.0941. The van der Waals surface area contributed by atoms with Crippen molar-refractivity contribution in [3.05, 3.63) is 0 Å². The van der Waals surface area contributed by atoms with Crippen LogP contribution in [0.5, 0.6) is 0 Å². The van der Waals surface area contributed by atoms with Crippen molar-refractivity contribution in [2.75, 3.05) is 26.3 Å². The van der Waals surface area contributed by atoms with Gasteiger partial charge in [0.2, 0.25) is 5.91 Å². The molecule has 5 heteroatoms. The maximum Gasteiger partial charge on any atom is 0.250 e. The Morgan fingerprint density at radius 2 is 2.21 bits per heavy atom. The molecule has 4 N–H and O–H groups in total. The first-order valence-electron chi connectivity index (χ1n) is 4.97. The molecule has 0 saturated carbocycles. The Hall–Kier alpha value is -0.650. The lowest BCUT2D eigenvalue weighted by atomic mass is 10.0. The maximum atomic E-state index is 11.1. The van der Waals surface area contributed by atoms with Gasteiger partial charge in [-0.05, 0) is 18.8 Å². The van der Waals surface area contributed by atoms with Crippen LogP contribution in [-0.4, -0.2) is 43.4 Å². The van der Waals surface area contributed by atoms with Gasteiger partial charge in [0, 0.05) is 26.3 Å². The zero-order chi connectivity index (χ0) is 10.4. The second kappa shape index (κ2) is 5.95. The summed E-state index contributed by atoms with van der Waals surface area (Å²) in [6.07, 6.45) is 0.868. The molecule has 1 saturated heterocycles. The topological polar surface area (TPSA) is 84.6 Å². The number of carbonyl (C=O) groups is 1. The fourth-order valence-corrected chi connectivity index (χ4v) is 1.42. The van der Waals surface area contributed by atoms with Crippen LogP contribution in [0.1, 0.15) is 12.8 Å². The van der Waals surface area contributed by atoms with Crippen molar-refractivity contribution in [1.29, 1.82) is 0 Å². The normalized spacial score (nSPS) is 20.4. The van der Waals surface area contributed by atoms with E-state index in [1.807, 2.05) is 0 Å². The molecule has 0 radical (unpaired) electrons. The summed E-state index contributed by atoms with van der Waals surface area (Å²) < 4.78 is 5.19. The average Bonchev–Trinajstić information content (AvgIpc) is 2.26. The molecule has 0 aromatic heterocycles. The molecule has 14 heavy (non-hydrogen) atoms. The summed E-state index contributed by atoms with van der Waals surface area (Å²) in [4.78, 5) is 11.1. The lowest BCUT2D eigenvalue weighted by molar-refractivity contribution is -0.129. The monoisotopic (exact) mass is 202 g/mol. The zero-order valence-electron chi connectivity index (χ0n) is 8.24. The molecule has 0 aliphatic carbocycles. The highest BCUT2D eigenvalue weighted by Crippen LogP contribution is 2.12. The number of aliphatic hydroxyl groups excluding tert-OH is 1. The lowest BCUT2D eigenvalue weighted by Gasteiger charge is -2.22. The second-order valence-electron chi connectivity index (χ2n) is 3.55. The second-order valence-corrected chi connectivity index (χ2v) is 3.55. The maximum absolute atomic E-state index is 11.1. The zero-order valence-corrected chi connectivity index (χ0v) is 8.24. The molecule has 1 atom stereocenters. The van der Waals surface area contributed by atoms with Gasteiger partial charge < -0.3 is 20.9 Å². The molecule has 1 fully saturated rings. The van der Waals surface area contributed by atoms with E-state index in [2.05, 4.69) is 5.32 Å². The van der Waals surface area contributed by atoms with Gasteiger partial charge in [0.05, 0.1) is 0 Å². The smallest absolute Gasteiger partial charge is 0.250 e. The predicted octanol–water partition coefficient (Wildman–Crippen LogP) is -1.15. The number of carbonyl (C=O) groups excluding carboxylic acids is 1. The van der Waals surface area contributed by atoms with E-state index in [0.29, 0.717) is 12.5 Å². The molecule has 82 valence electrons. The Morgan fingerprint density at radius 1 is 1.57 bits per heavy atom. The van der Waals surface area contributed by atoms with E-state index in [-0.39, 0.29) is 12.5 Å². The van der Waals surface area contributed by atoms with Crippen LogP contribution in [0.4, 0.5) is 0 Å². The van der Waals surface area contributed by atoms with Crippen molar-refractivity contribution in [3.63, 3.8) is 0 Å². The van der Waals surface area contributed by atoms with Crippen LogP contribution >= 0.6 is 0 Å². The van der Waals surface area contributed by atoms with Crippen molar-refractivity contribution in [3.8, 4) is 0 Å². The van der Waals surface area contributed by atoms with Crippen molar-refractivity contribution >= 4 is 5.91 Å². The van der Waals surface area contributed by atoms with Crippen molar-refractivity contribution in [1.82, 2.24) is 5.32 Å². The number of nitrogens with one attached hydrogen (secondary N) is 1. The van der Waals surface area contributed by atoms with Gasteiger partial charge in [-0.25, -0.2) is 0 Å². The van der Waals surface area contributed by atoms with Crippen LogP contribution < -0.4 is 11.1 Å². The molecule has 5 nitrogen and oxygen atoms in total. The summed E-state index contributed by atoms with van der Waals surface area (Å²) in [5.41, 5.74) is 5.15. The SMILES string of the molecule is NCC(O)C(=O)NCC1CCOCC1. The lowest BCUT2D eigenvalue weighted by Crippen LogP contribution is -2.41. The van der Waals surface area contributed by atoms with E-state index in [4.69, 9.17) is 15.6 Å².